The Morgan fingerprint density at radius 3 is 1.22 bits per heavy atom. The maximum Gasteiger partial charge on any atom is 0.0653 e. The minimum Gasteiger partial charge on any atom is -0.278 e. The van der Waals surface area contributed by atoms with Crippen molar-refractivity contribution in [2.45, 2.75) is 85.5 Å². The number of H-pyrrole nitrogens is 4. The first-order valence-electron chi connectivity index (χ1n) is 17.1. The lowest BCUT2D eigenvalue weighted by Gasteiger charge is -2.18. The molecule has 0 bridgehead atoms. The minimum absolute atomic E-state index is 0.214. The highest BCUT2D eigenvalue weighted by atomic mass is 15.1. The van der Waals surface area contributed by atoms with Gasteiger partial charge in [0, 0.05) is 21.5 Å². The fourth-order valence-corrected chi connectivity index (χ4v) is 5.36. The van der Waals surface area contributed by atoms with Crippen LogP contribution in [0.25, 0.3) is 43.6 Å². The van der Waals surface area contributed by atoms with Crippen molar-refractivity contribution in [3.63, 3.8) is 0 Å². The van der Waals surface area contributed by atoms with E-state index in [4.69, 9.17) is 0 Å². The molecule has 0 aliphatic carbocycles. The summed E-state index contributed by atoms with van der Waals surface area (Å²) in [5.41, 5.74) is 10.1. The number of aromatic amines is 4. The summed E-state index contributed by atoms with van der Waals surface area (Å²) in [5, 5.41) is 32.5. The Bertz CT molecular complexity index is 2030. The van der Waals surface area contributed by atoms with Gasteiger partial charge in [-0.05, 0) is 81.8 Å². The van der Waals surface area contributed by atoms with Gasteiger partial charge >= 0.3 is 0 Å². The first kappa shape index (κ1) is 35.1. The van der Waals surface area contributed by atoms with Crippen molar-refractivity contribution in [1.82, 2.24) is 40.8 Å². The van der Waals surface area contributed by atoms with Crippen molar-refractivity contribution in [2.75, 3.05) is 0 Å². The van der Waals surface area contributed by atoms with Crippen molar-refractivity contribution < 1.29 is 0 Å². The number of nitrogens with one attached hydrogen (secondary N) is 4. The topological polar surface area (TPSA) is 115 Å². The lowest BCUT2D eigenvalue weighted by molar-refractivity contribution is 0.591. The summed E-state index contributed by atoms with van der Waals surface area (Å²) in [6.07, 6.45) is 7.42. The monoisotopic (exact) mass is 654 g/mol. The highest BCUT2D eigenvalue weighted by molar-refractivity contribution is 5.80. The molecule has 0 aliphatic rings. The maximum atomic E-state index is 4.00. The molecule has 0 amide bonds. The van der Waals surface area contributed by atoms with Crippen molar-refractivity contribution in [1.29, 1.82) is 0 Å². The van der Waals surface area contributed by atoms with Gasteiger partial charge in [-0.3, -0.25) is 20.4 Å². The van der Waals surface area contributed by atoms with Gasteiger partial charge in [-0.2, -0.15) is 20.4 Å². The smallest absolute Gasteiger partial charge is 0.0653 e. The molecule has 49 heavy (non-hydrogen) atoms. The van der Waals surface area contributed by atoms with E-state index in [9.17, 15) is 0 Å². The fraction of sp³-hybridized carbons (Fsp3) is 0.317. The summed E-state index contributed by atoms with van der Waals surface area (Å²) in [5.74, 6) is 1.75. The van der Waals surface area contributed by atoms with E-state index in [1.807, 2.05) is 24.8 Å². The Morgan fingerprint density at radius 2 is 0.776 bits per heavy atom. The molecule has 0 radical (unpaired) electrons. The van der Waals surface area contributed by atoms with E-state index >= 15 is 0 Å². The second-order valence-corrected chi connectivity index (χ2v) is 14.5. The second-order valence-electron chi connectivity index (χ2n) is 14.5. The first-order chi connectivity index (χ1) is 23.4. The average Bonchev–Trinajstić information content (AvgIpc) is 3.90. The second kappa shape index (κ2) is 15.3. The molecule has 4 aromatic carbocycles. The molecular formula is C41H50N8. The van der Waals surface area contributed by atoms with Gasteiger partial charge in [0.1, 0.15) is 0 Å². The van der Waals surface area contributed by atoms with Gasteiger partial charge in [-0.1, -0.05) is 98.7 Å². The third-order valence-corrected chi connectivity index (χ3v) is 8.70. The molecule has 0 saturated carbocycles. The molecule has 8 heteroatoms. The van der Waals surface area contributed by atoms with E-state index in [2.05, 4.69) is 176 Å². The SMILES string of the molecule is CC(C)(C)c1ccc2[nH]ncc2c1.CC(C)c1ccc2[nH]ncc2c1.CC(C)c1ccc2cn[nH]c2c1.CC(C)c1ccc2cn[nH]c2c1. The van der Waals surface area contributed by atoms with Crippen molar-refractivity contribution in [3.8, 4) is 0 Å². The van der Waals surface area contributed by atoms with Gasteiger partial charge in [0.15, 0.2) is 0 Å². The van der Waals surface area contributed by atoms with E-state index < -0.39 is 0 Å². The lowest BCUT2D eigenvalue weighted by Crippen LogP contribution is -2.10. The molecule has 4 heterocycles. The Labute approximate surface area is 289 Å². The van der Waals surface area contributed by atoms with Crippen LogP contribution in [0.2, 0.25) is 0 Å². The van der Waals surface area contributed by atoms with Gasteiger partial charge in [-0.25, -0.2) is 0 Å². The van der Waals surface area contributed by atoms with Gasteiger partial charge in [0.05, 0.1) is 46.9 Å². The quantitative estimate of drug-likeness (QED) is 0.152. The van der Waals surface area contributed by atoms with Crippen LogP contribution >= 0.6 is 0 Å². The Kier molecular flexibility index (Phi) is 11.0. The number of hydrogen-bond acceptors (Lipinski definition) is 4. The maximum absolute atomic E-state index is 4.00. The van der Waals surface area contributed by atoms with E-state index in [0.717, 1.165) is 22.1 Å². The number of hydrogen-bond donors (Lipinski definition) is 4. The van der Waals surface area contributed by atoms with E-state index in [1.54, 1.807) is 0 Å². The van der Waals surface area contributed by atoms with Crippen LogP contribution in [0.1, 0.15) is 102 Å². The summed E-state index contributed by atoms with van der Waals surface area (Å²) in [6, 6.07) is 25.7. The van der Waals surface area contributed by atoms with Crippen LogP contribution in [-0.2, 0) is 5.41 Å². The summed E-state index contributed by atoms with van der Waals surface area (Å²) in [6.45, 7) is 19.8. The summed E-state index contributed by atoms with van der Waals surface area (Å²) >= 11 is 0. The number of fused-ring (bicyclic) bond motifs is 4. The van der Waals surface area contributed by atoms with Crippen LogP contribution in [0.3, 0.4) is 0 Å². The van der Waals surface area contributed by atoms with Crippen LogP contribution in [-0.4, -0.2) is 40.8 Å². The molecular weight excluding hydrogens is 605 g/mol. The van der Waals surface area contributed by atoms with Crippen molar-refractivity contribution in [2.24, 2.45) is 0 Å². The Morgan fingerprint density at radius 1 is 0.408 bits per heavy atom. The zero-order valence-electron chi connectivity index (χ0n) is 30.3. The van der Waals surface area contributed by atoms with Gasteiger partial charge in [-0.15, -0.1) is 0 Å². The predicted molar refractivity (Wildman–Crippen MR) is 205 cm³/mol. The van der Waals surface area contributed by atoms with E-state index in [1.165, 1.54) is 43.8 Å². The van der Waals surface area contributed by atoms with E-state index in [0.29, 0.717) is 17.8 Å². The number of rotatable bonds is 3. The van der Waals surface area contributed by atoms with Crippen LogP contribution in [0.15, 0.2) is 97.6 Å². The number of nitrogens with zero attached hydrogens (tertiary/aromatic N) is 4. The molecule has 8 rings (SSSR count). The molecule has 8 aromatic rings. The minimum atomic E-state index is 0.214. The molecule has 8 nitrogen and oxygen atoms in total. The predicted octanol–water partition coefficient (Wildman–Crippen LogP) is 10.9. The fourth-order valence-electron chi connectivity index (χ4n) is 5.36. The van der Waals surface area contributed by atoms with Crippen molar-refractivity contribution in [3.05, 3.63) is 120 Å². The van der Waals surface area contributed by atoms with Gasteiger partial charge < -0.3 is 0 Å². The third kappa shape index (κ3) is 9.02. The molecule has 254 valence electrons. The molecule has 0 fully saturated rings. The zero-order chi connectivity index (χ0) is 35.1. The molecule has 0 unspecified atom stereocenters. The molecule has 0 spiro atoms. The molecule has 4 aromatic heterocycles. The molecule has 0 aliphatic heterocycles. The zero-order valence-corrected chi connectivity index (χ0v) is 30.3. The van der Waals surface area contributed by atoms with Gasteiger partial charge in [0.2, 0.25) is 0 Å². The normalized spacial score (nSPS) is 11.5. The largest absolute Gasteiger partial charge is 0.278 e. The van der Waals surface area contributed by atoms with Crippen LogP contribution in [0.4, 0.5) is 0 Å². The number of benzene rings is 4. The van der Waals surface area contributed by atoms with Gasteiger partial charge in [0.25, 0.3) is 0 Å². The summed E-state index contributed by atoms with van der Waals surface area (Å²) in [7, 11) is 0. The van der Waals surface area contributed by atoms with Crippen LogP contribution in [0, 0.1) is 0 Å². The standard InChI is InChI=1S/C11H14N2.3C10H12N2/c1-11(2,3)9-4-5-10-8(6-9)7-12-13-10;1-7(2)8-3-4-10-9(5-8)6-11-12-10;2*1-7(2)8-3-4-9-6-11-12-10(9)5-8/h4-7H,1-3H3,(H,12,13);3*3-7H,1-2H3,(H,11,12). The molecule has 0 saturated heterocycles. The average molecular weight is 655 g/mol. The highest BCUT2D eigenvalue weighted by Gasteiger charge is 2.13. The molecule has 0 atom stereocenters. The van der Waals surface area contributed by atoms with Crippen LogP contribution < -0.4 is 0 Å². The third-order valence-electron chi connectivity index (χ3n) is 8.70. The van der Waals surface area contributed by atoms with E-state index in [-0.39, 0.29) is 5.41 Å². The van der Waals surface area contributed by atoms with Crippen molar-refractivity contribution >= 4 is 43.6 Å². The van der Waals surface area contributed by atoms with Crippen LogP contribution in [0.5, 0.6) is 0 Å². The highest BCUT2D eigenvalue weighted by Crippen LogP contribution is 2.25. The summed E-state index contributed by atoms with van der Waals surface area (Å²) in [4.78, 5) is 0. The first-order valence-corrected chi connectivity index (χ1v) is 17.1. The summed E-state index contributed by atoms with van der Waals surface area (Å²) < 4.78 is 0. The Hall–Kier alpha value is -5.24. The number of aromatic nitrogens is 8. The molecule has 4 N–H and O–H groups in total. The lowest BCUT2D eigenvalue weighted by atomic mass is 9.86. The Balaban J connectivity index is 0.000000127.